The SMILES string of the molecule is COC(=O)N/N=C(/C(=O)Nc1cccc([N+](=O)[O-])c1)c1nc2ccc([N+](=O)[O-])cc2[nH]c1=O. The summed E-state index contributed by atoms with van der Waals surface area (Å²) in [7, 11) is 1.04. The van der Waals surface area contributed by atoms with Crippen LogP contribution in [0, 0.1) is 20.2 Å². The lowest BCUT2D eigenvalue weighted by molar-refractivity contribution is -0.384. The largest absolute Gasteiger partial charge is 0.452 e. The van der Waals surface area contributed by atoms with Crippen LogP contribution in [0.3, 0.4) is 0 Å². The van der Waals surface area contributed by atoms with E-state index >= 15 is 0 Å². The van der Waals surface area contributed by atoms with Gasteiger partial charge in [0.05, 0.1) is 28.0 Å². The van der Waals surface area contributed by atoms with Crippen LogP contribution in [-0.2, 0) is 9.53 Å². The third-order valence-electron chi connectivity index (χ3n) is 4.09. The smallest absolute Gasteiger partial charge is 0.427 e. The Morgan fingerprint density at radius 1 is 1.09 bits per heavy atom. The number of aromatic amines is 1. The maximum absolute atomic E-state index is 12.8. The number of non-ortho nitro benzene ring substituents is 2. The number of anilines is 1. The van der Waals surface area contributed by atoms with Crippen LogP contribution in [0.4, 0.5) is 21.9 Å². The third kappa shape index (κ3) is 5.10. The minimum absolute atomic E-state index is 0.00723. The van der Waals surface area contributed by atoms with Gasteiger partial charge in [0.15, 0.2) is 11.4 Å². The van der Waals surface area contributed by atoms with E-state index in [1.165, 1.54) is 24.3 Å². The number of H-pyrrole nitrogens is 1. The van der Waals surface area contributed by atoms with Crippen LogP contribution in [-0.4, -0.2) is 44.6 Å². The third-order valence-corrected chi connectivity index (χ3v) is 4.09. The first-order chi connectivity index (χ1) is 15.7. The van der Waals surface area contributed by atoms with E-state index in [2.05, 4.69) is 25.1 Å². The molecule has 3 N–H and O–H groups in total. The Morgan fingerprint density at radius 3 is 2.45 bits per heavy atom. The van der Waals surface area contributed by atoms with Gasteiger partial charge in [0.25, 0.3) is 22.8 Å². The summed E-state index contributed by atoms with van der Waals surface area (Å²) in [5, 5.41) is 27.8. The molecule has 3 aromatic rings. The molecule has 3 rings (SSSR count). The number of ether oxygens (including phenoxy) is 1. The number of benzene rings is 2. The lowest BCUT2D eigenvalue weighted by Crippen LogP contribution is -2.33. The summed E-state index contributed by atoms with van der Waals surface area (Å²) < 4.78 is 4.38. The van der Waals surface area contributed by atoms with Crippen LogP contribution in [0.5, 0.6) is 0 Å². The van der Waals surface area contributed by atoms with Crippen molar-refractivity contribution in [1.82, 2.24) is 15.4 Å². The van der Waals surface area contributed by atoms with Crippen LogP contribution in [0.2, 0.25) is 0 Å². The maximum atomic E-state index is 12.8. The van der Waals surface area contributed by atoms with Gasteiger partial charge in [0.2, 0.25) is 0 Å². The molecule has 0 spiro atoms. The summed E-state index contributed by atoms with van der Waals surface area (Å²) in [4.78, 5) is 63.8. The molecule has 0 fully saturated rings. The molecule has 168 valence electrons. The van der Waals surface area contributed by atoms with Crippen molar-refractivity contribution in [1.29, 1.82) is 0 Å². The Balaban J connectivity index is 2.06. The molecular formula is C18H13N7O8. The van der Waals surface area contributed by atoms with Gasteiger partial charge in [0.1, 0.15) is 0 Å². The van der Waals surface area contributed by atoms with Gasteiger partial charge in [-0.1, -0.05) is 6.07 Å². The Labute approximate surface area is 182 Å². The van der Waals surface area contributed by atoms with Crippen molar-refractivity contribution in [2.75, 3.05) is 12.4 Å². The highest BCUT2D eigenvalue weighted by molar-refractivity contribution is 6.48. The fourth-order valence-corrected chi connectivity index (χ4v) is 2.59. The van der Waals surface area contributed by atoms with Crippen LogP contribution in [0.25, 0.3) is 11.0 Å². The second-order valence-corrected chi connectivity index (χ2v) is 6.20. The van der Waals surface area contributed by atoms with Gasteiger partial charge in [-0.25, -0.2) is 15.2 Å². The van der Waals surface area contributed by atoms with Gasteiger partial charge < -0.3 is 15.0 Å². The first kappa shape index (κ1) is 22.5. The highest BCUT2D eigenvalue weighted by atomic mass is 16.6. The monoisotopic (exact) mass is 455 g/mol. The quantitative estimate of drug-likeness (QED) is 0.278. The van der Waals surface area contributed by atoms with Gasteiger partial charge in [-0.05, 0) is 12.1 Å². The minimum Gasteiger partial charge on any atom is -0.452 e. The number of carbonyl (C=O) groups excluding carboxylic acids is 2. The zero-order chi connectivity index (χ0) is 24.1. The number of hydrazone groups is 1. The molecule has 0 atom stereocenters. The van der Waals surface area contributed by atoms with Crippen LogP contribution in [0.1, 0.15) is 5.69 Å². The molecule has 0 unspecified atom stereocenters. The number of nitro groups is 2. The number of rotatable bonds is 6. The number of hydrogen-bond donors (Lipinski definition) is 3. The standard InChI is InChI=1S/C18H13N7O8/c1-33-18(28)23-22-15(17(27)19-9-3-2-4-10(7-9)24(29)30)14-16(26)21-13-8-11(25(31)32)5-6-12(13)20-14/h2-8H,1H3,(H,19,27)(H,21,26)(H,23,28)/b22-15+. The summed E-state index contributed by atoms with van der Waals surface area (Å²) >= 11 is 0. The summed E-state index contributed by atoms with van der Waals surface area (Å²) in [6.07, 6.45) is -1.05. The molecule has 2 amide bonds. The fourth-order valence-electron chi connectivity index (χ4n) is 2.59. The van der Waals surface area contributed by atoms with Crippen molar-refractivity contribution >= 4 is 45.8 Å². The van der Waals surface area contributed by atoms with Gasteiger partial charge >= 0.3 is 6.09 Å². The molecule has 0 bridgehead atoms. The van der Waals surface area contributed by atoms with Gasteiger partial charge in [-0.3, -0.25) is 29.8 Å². The number of nitrogens with zero attached hydrogens (tertiary/aromatic N) is 4. The second kappa shape index (κ2) is 9.29. The Morgan fingerprint density at radius 2 is 1.79 bits per heavy atom. The zero-order valence-electron chi connectivity index (χ0n) is 16.6. The summed E-state index contributed by atoms with van der Waals surface area (Å²) in [6, 6.07) is 8.43. The molecule has 0 aliphatic rings. The number of methoxy groups -OCH3 is 1. The topological polar surface area (TPSA) is 212 Å². The van der Waals surface area contributed by atoms with E-state index in [4.69, 9.17) is 0 Å². The highest BCUT2D eigenvalue weighted by Crippen LogP contribution is 2.18. The molecule has 0 aliphatic heterocycles. The maximum Gasteiger partial charge on any atom is 0.427 e. The highest BCUT2D eigenvalue weighted by Gasteiger charge is 2.22. The van der Waals surface area contributed by atoms with E-state index < -0.39 is 38.8 Å². The molecular weight excluding hydrogens is 442 g/mol. The molecule has 0 saturated carbocycles. The van der Waals surface area contributed by atoms with Crippen molar-refractivity contribution in [3.8, 4) is 0 Å². The molecule has 1 aromatic heterocycles. The molecule has 2 aromatic carbocycles. The number of fused-ring (bicyclic) bond motifs is 1. The number of nitro benzene ring substituents is 2. The van der Waals surface area contributed by atoms with E-state index in [1.807, 2.05) is 5.43 Å². The first-order valence-electron chi connectivity index (χ1n) is 8.86. The molecule has 0 radical (unpaired) electrons. The van der Waals surface area contributed by atoms with Gasteiger partial charge in [-0.2, -0.15) is 5.10 Å². The molecule has 0 aliphatic carbocycles. The Bertz CT molecular complexity index is 1380. The number of amides is 2. The van der Waals surface area contributed by atoms with Crippen molar-refractivity contribution in [2.45, 2.75) is 0 Å². The fraction of sp³-hybridized carbons (Fsp3) is 0.0556. The van der Waals surface area contributed by atoms with Crippen molar-refractivity contribution in [2.24, 2.45) is 5.10 Å². The average Bonchev–Trinajstić information content (AvgIpc) is 2.78. The summed E-state index contributed by atoms with van der Waals surface area (Å²) in [5.41, 5.74) is -0.708. The van der Waals surface area contributed by atoms with Crippen LogP contribution in [0.15, 0.2) is 52.4 Å². The van der Waals surface area contributed by atoms with Crippen molar-refractivity contribution < 1.29 is 24.2 Å². The van der Waals surface area contributed by atoms with E-state index in [0.29, 0.717) is 0 Å². The minimum atomic E-state index is -1.05. The van der Waals surface area contributed by atoms with Gasteiger partial charge in [0, 0.05) is 30.0 Å². The summed E-state index contributed by atoms with van der Waals surface area (Å²) in [6.45, 7) is 0. The van der Waals surface area contributed by atoms with E-state index in [1.54, 1.807) is 0 Å². The van der Waals surface area contributed by atoms with Crippen LogP contribution < -0.4 is 16.3 Å². The van der Waals surface area contributed by atoms with Crippen molar-refractivity contribution in [3.05, 3.63) is 78.7 Å². The Kier molecular flexibility index (Phi) is 6.33. The van der Waals surface area contributed by atoms with Crippen LogP contribution >= 0.6 is 0 Å². The predicted octanol–water partition coefficient (Wildman–Crippen LogP) is 1.44. The van der Waals surface area contributed by atoms with Gasteiger partial charge in [-0.15, -0.1) is 0 Å². The van der Waals surface area contributed by atoms with E-state index in [9.17, 15) is 34.6 Å². The molecule has 15 heteroatoms. The lowest BCUT2D eigenvalue weighted by Gasteiger charge is -2.08. The number of carbonyl (C=O) groups is 2. The van der Waals surface area contributed by atoms with E-state index in [0.717, 1.165) is 25.3 Å². The zero-order valence-corrected chi connectivity index (χ0v) is 16.6. The molecule has 0 saturated heterocycles. The number of nitrogens with one attached hydrogen (secondary N) is 3. The molecule has 15 nitrogen and oxygen atoms in total. The second-order valence-electron chi connectivity index (χ2n) is 6.20. The average molecular weight is 455 g/mol. The molecule has 33 heavy (non-hydrogen) atoms. The van der Waals surface area contributed by atoms with E-state index in [-0.39, 0.29) is 28.1 Å². The lowest BCUT2D eigenvalue weighted by atomic mass is 10.2. The molecule has 1 heterocycles. The number of aromatic nitrogens is 2. The van der Waals surface area contributed by atoms with Crippen molar-refractivity contribution in [3.63, 3.8) is 0 Å². The predicted molar refractivity (Wildman–Crippen MR) is 113 cm³/mol. The normalized spacial score (nSPS) is 11.0. The Hall–Kier alpha value is -5.21. The summed E-state index contributed by atoms with van der Waals surface area (Å²) in [5.74, 6) is -1.04. The number of hydrogen-bond acceptors (Lipinski definition) is 10. The first-order valence-corrected chi connectivity index (χ1v) is 8.86.